The molecule has 14 nitrogen and oxygen atoms in total. The standard InChI is InChI=1S/C43H67NO13/c1-26-22-31(20-21-45)39(40(50-8)33(47)23-34(48)53-27(2)16-12-10-15-19-32(26)46)57-42-37(49)36(44(6)7)38(28(3)55-42)56-35-24-43(5,51-9)41(29(4)54-35)52-25-30-17-13-11-14-18-30/h10-15,17-19,21,26-29,31-33,35-42,46-47,49H,16,20,22-25H2,1-9H3/b12-10+,19-15+/t26-,27-,28-,29+,31+,32+,33-,35+,36-,37-,38-,39+,40?,41+,42+,43-/m1/s1. The molecule has 0 aliphatic carbocycles. The predicted molar refractivity (Wildman–Crippen MR) is 211 cm³/mol. The Balaban J connectivity index is 1.58. The van der Waals surface area contributed by atoms with Crippen LogP contribution in [0.25, 0.3) is 0 Å². The van der Waals surface area contributed by atoms with Gasteiger partial charge in [-0.3, -0.25) is 4.79 Å². The lowest BCUT2D eigenvalue weighted by Crippen LogP contribution is -2.66. The summed E-state index contributed by atoms with van der Waals surface area (Å²) in [5.74, 6) is -1.60. The number of carbonyl (C=O) groups is 2. The van der Waals surface area contributed by atoms with Crippen LogP contribution in [-0.4, -0.2) is 146 Å². The van der Waals surface area contributed by atoms with E-state index in [2.05, 4.69) is 0 Å². The fourth-order valence-electron chi connectivity index (χ4n) is 8.29. The first-order chi connectivity index (χ1) is 27.1. The van der Waals surface area contributed by atoms with Crippen LogP contribution in [0.3, 0.4) is 0 Å². The Morgan fingerprint density at radius 2 is 1.67 bits per heavy atom. The Morgan fingerprint density at radius 3 is 2.32 bits per heavy atom. The van der Waals surface area contributed by atoms with Crippen molar-refractivity contribution in [1.29, 1.82) is 0 Å². The molecule has 0 bridgehead atoms. The van der Waals surface area contributed by atoms with Gasteiger partial charge in [-0.1, -0.05) is 61.6 Å². The SMILES string of the molecule is COC1[C@H](O)CC(=O)O[C@H](C)C/C=C/C=C/[C@H](O)[C@H](C)C[C@H](CC=O)[C@@H]1O[C@@H]1O[C@H](C)[C@@H](O[C@H]2C[C@@](C)(OC)[C@@H](OCc3ccccc3)[C@H](C)O2)[C@H](N(C)C)[C@H]1O. The summed E-state index contributed by atoms with van der Waals surface area (Å²) < 4.78 is 49.9. The van der Waals surface area contributed by atoms with Gasteiger partial charge in [0.15, 0.2) is 12.6 Å². The Hall–Kier alpha value is -2.60. The first-order valence-corrected chi connectivity index (χ1v) is 20.1. The van der Waals surface area contributed by atoms with E-state index in [4.69, 9.17) is 37.9 Å². The van der Waals surface area contributed by atoms with Crippen molar-refractivity contribution in [3.05, 3.63) is 60.2 Å². The molecule has 0 saturated carbocycles. The molecular formula is C43H67NO13. The van der Waals surface area contributed by atoms with Gasteiger partial charge in [0.1, 0.15) is 36.8 Å². The number of rotatable bonds is 12. The lowest BCUT2D eigenvalue weighted by Gasteiger charge is -2.51. The van der Waals surface area contributed by atoms with Crippen LogP contribution in [0, 0.1) is 11.8 Å². The molecule has 2 saturated heterocycles. The molecule has 0 amide bonds. The van der Waals surface area contributed by atoms with Crippen molar-refractivity contribution in [2.24, 2.45) is 11.8 Å². The number of hydrogen-bond donors (Lipinski definition) is 3. The van der Waals surface area contributed by atoms with Gasteiger partial charge in [-0.05, 0) is 65.6 Å². The van der Waals surface area contributed by atoms with Crippen LogP contribution >= 0.6 is 0 Å². The number of aldehydes is 1. The number of esters is 1. The van der Waals surface area contributed by atoms with E-state index in [-0.39, 0.29) is 18.8 Å². The second-order valence-electron chi connectivity index (χ2n) is 16.3. The van der Waals surface area contributed by atoms with Gasteiger partial charge in [-0.25, -0.2) is 0 Å². The number of cyclic esters (lactones) is 1. The fraction of sp³-hybridized carbons (Fsp3) is 0.721. The number of methoxy groups -OCH3 is 2. The minimum absolute atomic E-state index is 0.0217. The fourth-order valence-corrected chi connectivity index (χ4v) is 8.29. The third kappa shape index (κ3) is 12.7. The molecule has 322 valence electrons. The molecule has 0 aromatic heterocycles. The maximum atomic E-state index is 12.9. The smallest absolute Gasteiger partial charge is 0.308 e. The van der Waals surface area contributed by atoms with Crippen molar-refractivity contribution in [2.45, 2.75) is 159 Å². The van der Waals surface area contributed by atoms with Crippen molar-refractivity contribution in [1.82, 2.24) is 4.90 Å². The lowest BCUT2D eigenvalue weighted by molar-refractivity contribution is -0.347. The number of benzene rings is 1. The average Bonchev–Trinajstić information content (AvgIpc) is 3.15. The minimum Gasteiger partial charge on any atom is -0.462 e. The summed E-state index contributed by atoms with van der Waals surface area (Å²) in [6.45, 7) is 9.70. The van der Waals surface area contributed by atoms with Crippen LogP contribution in [0.15, 0.2) is 54.6 Å². The van der Waals surface area contributed by atoms with E-state index in [0.717, 1.165) is 11.8 Å². The molecule has 1 aromatic rings. The number of nitrogens with zero attached hydrogens (tertiary/aromatic N) is 1. The second-order valence-corrected chi connectivity index (χ2v) is 16.3. The third-order valence-corrected chi connectivity index (χ3v) is 11.5. The van der Waals surface area contributed by atoms with Crippen LogP contribution in [0.2, 0.25) is 0 Å². The molecule has 1 unspecified atom stereocenters. The van der Waals surface area contributed by atoms with Crippen LogP contribution in [0.1, 0.15) is 72.3 Å². The van der Waals surface area contributed by atoms with E-state index in [1.54, 1.807) is 32.3 Å². The van der Waals surface area contributed by atoms with Crippen LogP contribution in [-0.2, 0) is 54.1 Å². The van der Waals surface area contributed by atoms with Crippen molar-refractivity contribution < 1.29 is 62.8 Å². The molecule has 16 atom stereocenters. The van der Waals surface area contributed by atoms with E-state index >= 15 is 0 Å². The first kappa shape index (κ1) is 47.1. The van der Waals surface area contributed by atoms with Gasteiger partial charge in [0.05, 0.1) is 55.2 Å². The number of likely N-dealkylation sites (N-methyl/N-ethyl adjacent to an activating group) is 1. The summed E-state index contributed by atoms with van der Waals surface area (Å²) in [4.78, 5) is 27.0. The molecule has 3 aliphatic heterocycles. The molecule has 3 heterocycles. The normalized spacial score (nSPS) is 41.3. The van der Waals surface area contributed by atoms with Gasteiger partial charge in [0.25, 0.3) is 0 Å². The van der Waals surface area contributed by atoms with E-state index in [1.165, 1.54) is 7.11 Å². The summed E-state index contributed by atoms with van der Waals surface area (Å²) in [7, 11) is 6.66. The summed E-state index contributed by atoms with van der Waals surface area (Å²) in [5.41, 5.74) is 0.272. The van der Waals surface area contributed by atoms with E-state index in [1.807, 2.05) is 83.1 Å². The molecule has 4 rings (SSSR count). The summed E-state index contributed by atoms with van der Waals surface area (Å²) in [6.07, 6.45) is -2.05. The zero-order valence-corrected chi connectivity index (χ0v) is 35.0. The van der Waals surface area contributed by atoms with Gasteiger partial charge >= 0.3 is 5.97 Å². The number of hydrogen-bond acceptors (Lipinski definition) is 14. The number of ether oxygens (including phenoxy) is 8. The van der Waals surface area contributed by atoms with Gasteiger partial charge in [0.2, 0.25) is 0 Å². The molecule has 3 aliphatic rings. The lowest BCUT2D eigenvalue weighted by atomic mass is 9.82. The zero-order valence-electron chi connectivity index (χ0n) is 35.0. The Morgan fingerprint density at radius 1 is 0.947 bits per heavy atom. The summed E-state index contributed by atoms with van der Waals surface area (Å²) in [5, 5.41) is 34.6. The van der Waals surface area contributed by atoms with Gasteiger partial charge < -0.3 is 62.9 Å². The van der Waals surface area contributed by atoms with Gasteiger partial charge in [-0.15, -0.1) is 0 Å². The molecular weight excluding hydrogens is 738 g/mol. The zero-order chi connectivity index (χ0) is 41.9. The Bertz CT molecular complexity index is 1430. The second kappa shape index (κ2) is 22.1. The quantitative estimate of drug-likeness (QED) is 0.206. The maximum Gasteiger partial charge on any atom is 0.308 e. The van der Waals surface area contributed by atoms with E-state index < -0.39 is 104 Å². The monoisotopic (exact) mass is 805 g/mol. The molecule has 1 aromatic carbocycles. The van der Waals surface area contributed by atoms with Crippen LogP contribution < -0.4 is 0 Å². The molecule has 14 heteroatoms. The van der Waals surface area contributed by atoms with Crippen molar-refractivity contribution in [2.75, 3.05) is 28.3 Å². The number of aliphatic hydroxyl groups excluding tert-OH is 3. The van der Waals surface area contributed by atoms with Gasteiger partial charge in [0, 0.05) is 33.5 Å². The molecule has 3 N–H and O–H groups in total. The highest BCUT2D eigenvalue weighted by atomic mass is 16.7. The highest BCUT2D eigenvalue weighted by Crippen LogP contribution is 2.39. The maximum absolute atomic E-state index is 12.9. The third-order valence-electron chi connectivity index (χ3n) is 11.5. The highest BCUT2D eigenvalue weighted by Gasteiger charge is 2.52. The molecule has 2 fully saturated rings. The molecule has 57 heavy (non-hydrogen) atoms. The van der Waals surface area contributed by atoms with Crippen molar-refractivity contribution >= 4 is 12.3 Å². The Kier molecular flexibility index (Phi) is 18.3. The topological polar surface area (TPSA) is 172 Å². The summed E-state index contributed by atoms with van der Waals surface area (Å²) >= 11 is 0. The predicted octanol–water partition coefficient (Wildman–Crippen LogP) is 3.72. The molecule has 0 radical (unpaired) electrons. The number of carbonyl (C=O) groups excluding carboxylic acids is 2. The van der Waals surface area contributed by atoms with Gasteiger partial charge in [-0.2, -0.15) is 0 Å². The van der Waals surface area contributed by atoms with Crippen LogP contribution in [0.4, 0.5) is 0 Å². The number of aliphatic hydroxyl groups is 3. The number of allylic oxidation sites excluding steroid dienone is 2. The largest absolute Gasteiger partial charge is 0.462 e. The van der Waals surface area contributed by atoms with E-state index in [0.29, 0.717) is 19.4 Å². The van der Waals surface area contributed by atoms with Crippen LogP contribution in [0.5, 0.6) is 0 Å². The minimum atomic E-state index is -1.41. The highest BCUT2D eigenvalue weighted by molar-refractivity contribution is 5.70. The average molecular weight is 806 g/mol. The van der Waals surface area contributed by atoms with Crippen molar-refractivity contribution in [3.63, 3.8) is 0 Å². The Labute approximate surface area is 338 Å². The van der Waals surface area contributed by atoms with Crippen molar-refractivity contribution in [3.8, 4) is 0 Å². The first-order valence-electron chi connectivity index (χ1n) is 20.1. The van der Waals surface area contributed by atoms with E-state index in [9.17, 15) is 24.9 Å². The molecule has 0 spiro atoms. The summed E-state index contributed by atoms with van der Waals surface area (Å²) in [6, 6.07) is 9.22.